The number of ketones is 1. The molecule has 26 heteroatoms. The Morgan fingerprint density at radius 1 is 0.662 bits per heavy atom. The predicted octanol–water partition coefficient (Wildman–Crippen LogP) is 2.34. The number of Topliss-reactive ketones (excluding diaryl/α,β-unsaturated/α-hetero) is 1. The van der Waals surface area contributed by atoms with Crippen LogP contribution in [0, 0.1) is 25.2 Å². The van der Waals surface area contributed by atoms with Crippen molar-refractivity contribution in [1.82, 2.24) is 28.2 Å². The molecule has 361 valence electrons. The normalized spacial score (nSPS) is 15.7. The van der Waals surface area contributed by atoms with Gasteiger partial charge < -0.3 is 47.8 Å². The first-order valence-electron chi connectivity index (χ1n) is 25.3. The van der Waals surface area contributed by atoms with Crippen molar-refractivity contribution in [2.75, 3.05) is 0 Å². The minimum atomic E-state index is -0.759. The van der Waals surface area contributed by atoms with Crippen LogP contribution in [-0.4, -0.2) is 176 Å². The number of imidazole rings is 3. The first-order valence-corrected chi connectivity index (χ1v) is 25.3. The van der Waals surface area contributed by atoms with Gasteiger partial charge in [-0.1, -0.05) is 116 Å². The molecule has 3 aliphatic carbocycles. The Bertz CT molecular complexity index is 2420. The van der Waals surface area contributed by atoms with Crippen molar-refractivity contribution < 1.29 is 32.0 Å². The summed E-state index contributed by atoms with van der Waals surface area (Å²) in [6.45, 7) is 1.95. The molecule has 3 aliphatic rings. The van der Waals surface area contributed by atoms with E-state index >= 15 is 0 Å². The summed E-state index contributed by atoms with van der Waals surface area (Å²) in [7, 11) is 47.3. The second-order valence-corrected chi connectivity index (χ2v) is 19.8. The first-order chi connectivity index (χ1) is 33.6. The van der Waals surface area contributed by atoms with E-state index in [1.807, 2.05) is 87.5 Å². The van der Waals surface area contributed by atoms with Crippen molar-refractivity contribution in [3.63, 3.8) is 0 Å². The summed E-state index contributed by atoms with van der Waals surface area (Å²) in [6.07, 6.45) is 35.5. The Balaban J connectivity index is 0.000000478. The number of carbonyl (C=O) groups is 1. The number of rotatable bonds is 13. The van der Waals surface area contributed by atoms with Crippen LogP contribution in [0.2, 0.25) is 0 Å². The number of carbonyl (C=O) groups excluding carboxylic acids is 1. The molecule has 0 spiro atoms. The number of aromatic nitrogens is 6. The van der Waals surface area contributed by atoms with Gasteiger partial charge in [-0.25, -0.2) is 15.0 Å². The molecule has 2 N–H and O–H groups in total. The quantitative estimate of drug-likeness (QED) is 0.105. The van der Waals surface area contributed by atoms with Crippen molar-refractivity contribution in [1.29, 1.82) is 0 Å². The van der Waals surface area contributed by atoms with Gasteiger partial charge >= 0.3 is 23.1 Å². The molecule has 9 nitrogen and oxygen atoms in total. The van der Waals surface area contributed by atoms with Gasteiger partial charge in [-0.15, -0.1) is 0 Å². The molecular formula is C48H67B15BrMgN6O3. The van der Waals surface area contributed by atoms with Crippen molar-refractivity contribution in [2.24, 2.45) is 17.8 Å². The fourth-order valence-electron chi connectivity index (χ4n) is 10.0. The van der Waals surface area contributed by atoms with Crippen molar-refractivity contribution in [2.45, 2.75) is 142 Å². The molecule has 6 aromatic rings. The van der Waals surface area contributed by atoms with E-state index in [4.69, 9.17) is 69.6 Å². The molecule has 2 atom stereocenters. The average molecular weight is 1040 g/mol. The molecule has 0 amide bonds. The van der Waals surface area contributed by atoms with Crippen LogP contribution in [0.25, 0.3) is 16.6 Å². The molecule has 0 saturated heterocycles. The summed E-state index contributed by atoms with van der Waals surface area (Å²) in [6, 6.07) is 11.8. The summed E-state index contributed by atoms with van der Waals surface area (Å²) in [5, 5.41) is 21.4. The van der Waals surface area contributed by atoms with E-state index < -0.39 is 31.1 Å². The van der Waals surface area contributed by atoms with Gasteiger partial charge in [0.25, 0.3) is 0 Å². The van der Waals surface area contributed by atoms with E-state index in [0.29, 0.717) is 24.2 Å². The SMILES string of the molecule is C.CC(O)(CC1CCCCC1)c1cccn2cncc12.O=C(CC1CCCCC1)c1cccn2cncc12.OC(CC1CCCCC1)c1cccn2cncc12.[B]B([B])B([B])[B].[B][B]B(B([B])[B])B([B])[B].[Br-].[CH3-].[Mg+2]. The van der Waals surface area contributed by atoms with Crippen molar-refractivity contribution in [3.8, 4) is 0 Å². The second-order valence-electron chi connectivity index (χ2n) is 19.8. The average Bonchev–Trinajstić information content (AvgIpc) is 4.15. The maximum Gasteiger partial charge on any atom is 2.00 e. The smallest absolute Gasteiger partial charge is 1.00 e. The summed E-state index contributed by atoms with van der Waals surface area (Å²) in [5.41, 5.74) is 5.05. The van der Waals surface area contributed by atoms with Crippen molar-refractivity contribution >= 4 is 154 Å². The Kier molecular flexibility index (Phi) is 34.1. The Labute approximate surface area is 486 Å². The van der Waals surface area contributed by atoms with Gasteiger partial charge in [0.15, 0.2) is 5.78 Å². The zero-order chi connectivity index (χ0) is 50.6. The standard InChI is InChI=1S/C16H22N2O.C15H20N2O.C15H18N2O.CH4.CH3.B9.B6.BrH.Mg/c1-16(19,10-13-6-3-2-4-7-13)14-8-5-9-18-12-17-11-15(14)18;2*18-15(9-12-5-2-1-3-6-12)13-7-4-8-17-11-16-10-14(13)17;;;1-6-9(7(2)3)8(4)5;1-5(2)6(3)4;;/h5,8-9,11-13,19H,2-4,6-7,10H2,1H3;4,7-8,10-12,15,18H,1-3,5-6,9H2;4,7-8,10-12H,1-3,5-6,9H2;1H4;1H3;;;1H;/q;;;;-1;;;;+2/p-1. The zero-order valence-electron chi connectivity index (χ0n) is 43.4. The predicted molar refractivity (Wildman–Crippen MR) is 323 cm³/mol. The third kappa shape index (κ3) is 22.0. The summed E-state index contributed by atoms with van der Waals surface area (Å²) in [5.74, 6) is 2.21. The minimum absolute atomic E-state index is 0. The van der Waals surface area contributed by atoms with E-state index in [2.05, 4.69) is 15.0 Å². The van der Waals surface area contributed by atoms with Crippen LogP contribution in [0.15, 0.2) is 92.6 Å². The summed E-state index contributed by atoms with van der Waals surface area (Å²) < 4.78 is 5.86. The van der Waals surface area contributed by atoms with Crippen LogP contribution < -0.4 is 17.0 Å². The second kappa shape index (κ2) is 36.1. The van der Waals surface area contributed by atoms with Gasteiger partial charge in [-0.05, 0) is 61.8 Å². The topological polar surface area (TPSA) is 109 Å². The number of aliphatic hydroxyl groups excluding tert-OH is 1. The molecule has 74 heavy (non-hydrogen) atoms. The maximum atomic E-state index is 12.4. The number of pyridine rings is 3. The van der Waals surface area contributed by atoms with E-state index in [-0.39, 0.29) is 73.2 Å². The molecule has 0 aliphatic heterocycles. The molecule has 0 bridgehead atoms. The van der Waals surface area contributed by atoms with Crippen LogP contribution >= 0.6 is 0 Å². The molecular weight excluding hydrogens is 975 g/mol. The number of hydrogen-bond acceptors (Lipinski definition) is 6. The Hall–Kier alpha value is -2.12. The molecule has 3 fully saturated rings. The molecule has 6 aromatic heterocycles. The third-order valence-corrected chi connectivity index (χ3v) is 14.1. The van der Waals surface area contributed by atoms with Gasteiger partial charge in [-0.2, -0.15) is 0 Å². The number of fused-ring (bicyclic) bond motifs is 3. The number of halogens is 1. The molecule has 9 rings (SSSR count). The van der Waals surface area contributed by atoms with Gasteiger partial charge in [-0.3, -0.25) is 4.79 Å². The van der Waals surface area contributed by atoms with Crippen LogP contribution in [0.1, 0.15) is 158 Å². The van der Waals surface area contributed by atoms with Gasteiger partial charge in [0.2, 0.25) is 0 Å². The number of aliphatic hydroxyl groups is 2. The van der Waals surface area contributed by atoms with Gasteiger partial charge in [0.1, 0.15) is 0 Å². The van der Waals surface area contributed by atoms with E-state index in [1.54, 1.807) is 25.2 Å². The van der Waals surface area contributed by atoms with Crippen molar-refractivity contribution in [3.05, 3.63) is 117 Å². The Morgan fingerprint density at radius 3 is 1.55 bits per heavy atom. The number of nitrogens with zero attached hydrogens (tertiary/aromatic N) is 6. The maximum absolute atomic E-state index is 12.4. The van der Waals surface area contributed by atoms with E-state index in [0.717, 1.165) is 46.1 Å². The largest absolute Gasteiger partial charge is 2.00 e. The molecule has 6 heterocycles. The van der Waals surface area contributed by atoms with Gasteiger partial charge in [0, 0.05) is 150 Å². The fourth-order valence-corrected chi connectivity index (χ4v) is 10.0. The summed E-state index contributed by atoms with van der Waals surface area (Å²) >= 11 is 0. The van der Waals surface area contributed by atoms with Crippen LogP contribution in [0.5, 0.6) is 0 Å². The third-order valence-electron chi connectivity index (χ3n) is 14.1. The molecule has 3 saturated carbocycles. The van der Waals surface area contributed by atoms with Crippen LogP contribution in [-0.2, 0) is 5.60 Å². The zero-order valence-corrected chi connectivity index (χ0v) is 46.4. The molecule has 0 aromatic carbocycles. The molecule has 19 radical (unpaired) electrons. The van der Waals surface area contributed by atoms with Gasteiger partial charge in [0.05, 0.1) is 65.8 Å². The van der Waals surface area contributed by atoms with Crippen LogP contribution in [0.4, 0.5) is 0 Å². The van der Waals surface area contributed by atoms with E-state index in [1.165, 1.54) is 103 Å². The fraction of sp³-hybridized carbons (Fsp3) is 0.521. The first kappa shape index (κ1) is 69.9. The summed E-state index contributed by atoms with van der Waals surface area (Å²) in [4.78, 5) is 24.8. The number of hydrogen-bond donors (Lipinski definition) is 2. The minimum Gasteiger partial charge on any atom is -1.00 e. The van der Waals surface area contributed by atoms with E-state index in [9.17, 15) is 15.0 Å². The van der Waals surface area contributed by atoms with Crippen LogP contribution in [0.3, 0.4) is 0 Å². The molecule has 2 unspecified atom stereocenters. The monoisotopic (exact) mass is 1040 g/mol. The Morgan fingerprint density at radius 2 is 1.08 bits per heavy atom.